The Balaban J connectivity index is 3.10. The monoisotopic (exact) mass is 210 g/mol. The van der Waals surface area contributed by atoms with Crippen molar-refractivity contribution in [3.05, 3.63) is 11.1 Å². The molecule has 0 atom stereocenters. The molecule has 4 heteroatoms. The zero-order chi connectivity index (χ0) is 7.28. The molecule has 0 bridgehead atoms. The summed E-state index contributed by atoms with van der Waals surface area (Å²) in [7, 11) is 0. The number of hydrogen-bond donors (Lipinski definition) is 1. The highest BCUT2D eigenvalue weighted by molar-refractivity contribution is 9.11. The maximum atomic E-state index is 9.91. The lowest BCUT2D eigenvalue weighted by molar-refractivity contribution is -0.133. The van der Waals surface area contributed by atoms with Crippen molar-refractivity contribution in [2.45, 2.75) is 0 Å². The van der Waals surface area contributed by atoms with Gasteiger partial charge in [-0.2, -0.15) is 0 Å². The second kappa shape index (κ2) is 4.88. The minimum Gasteiger partial charge on any atom is -0.481 e. The van der Waals surface area contributed by atoms with Crippen LogP contribution in [0.25, 0.3) is 0 Å². The van der Waals surface area contributed by atoms with E-state index in [1.807, 2.05) is 0 Å². The van der Waals surface area contributed by atoms with Crippen LogP contribution in [-0.2, 0) is 4.79 Å². The van der Waals surface area contributed by atoms with Crippen molar-refractivity contribution >= 4 is 33.7 Å². The molecule has 2 nitrogen and oxygen atoms in total. The van der Waals surface area contributed by atoms with Gasteiger partial charge in [0.25, 0.3) is 0 Å². The van der Waals surface area contributed by atoms with Crippen molar-refractivity contribution in [2.75, 3.05) is 11.5 Å². The average molecular weight is 211 g/mol. The third-order valence-electron chi connectivity index (χ3n) is 0.484. The van der Waals surface area contributed by atoms with E-state index in [0.717, 1.165) is 4.48 Å². The lowest BCUT2D eigenvalue weighted by Crippen LogP contribution is -1.98. The highest BCUT2D eigenvalue weighted by Gasteiger charge is 1.95. The first-order valence-electron chi connectivity index (χ1n) is 2.25. The van der Waals surface area contributed by atoms with Crippen LogP contribution in [0.3, 0.4) is 0 Å². The number of halogens is 1. The predicted octanol–water partition coefficient (Wildman–Crippen LogP) is 1.71. The molecule has 0 aromatic carbocycles. The number of carboxylic acid groups (broad SMARTS) is 1. The molecular formula is C5H7BrO2S. The molecule has 0 amide bonds. The number of carboxylic acids is 1. The second-order valence-electron chi connectivity index (χ2n) is 1.40. The molecule has 0 fully saturated rings. The van der Waals surface area contributed by atoms with E-state index < -0.39 is 5.97 Å². The van der Waals surface area contributed by atoms with E-state index in [2.05, 4.69) is 22.5 Å². The van der Waals surface area contributed by atoms with Gasteiger partial charge in [-0.3, -0.25) is 4.79 Å². The van der Waals surface area contributed by atoms with Gasteiger partial charge in [0.05, 0.1) is 5.75 Å². The molecule has 0 saturated heterocycles. The van der Waals surface area contributed by atoms with Gasteiger partial charge < -0.3 is 5.11 Å². The molecule has 0 aliphatic heterocycles. The minimum absolute atomic E-state index is 0.143. The van der Waals surface area contributed by atoms with E-state index in [0.29, 0.717) is 5.75 Å². The summed E-state index contributed by atoms with van der Waals surface area (Å²) in [6.07, 6.45) is 0. The zero-order valence-corrected chi connectivity index (χ0v) is 7.17. The first-order valence-corrected chi connectivity index (χ1v) is 4.20. The Morgan fingerprint density at radius 1 is 1.67 bits per heavy atom. The molecule has 52 valence electrons. The first kappa shape index (κ1) is 9.04. The van der Waals surface area contributed by atoms with Crippen molar-refractivity contribution < 1.29 is 9.90 Å². The van der Waals surface area contributed by atoms with Gasteiger partial charge in [0.15, 0.2) is 0 Å². The maximum absolute atomic E-state index is 9.91. The van der Waals surface area contributed by atoms with Gasteiger partial charge in [0.1, 0.15) is 0 Å². The van der Waals surface area contributed by atoms with Crippen LogP contribution >= 0.6 is 27.7 Å². The summed E-state index contributed by atoms with van der Waals surface area (Å²) in [5.74, 6) is 0.0189. The van der Waals surface area contributed by atoms with E-state index in [-0.39, 0.29) is 5.75 Å². The average Bonchev–Trinajstić information content (AvgIpc) is 1.63. The molecule has 0 saturated carbocycles. The van der Waals surface area contributed by atoms with Gasteiger partial charge in [-0.15, -0.1) is 11.8 Å². The molecule has 0 unspecified atom stereocenters. The largest absolute Gasteiger partial charge is 0.481 e. The van der Waals surface area contributed by atoms with Crippen LogP contribution in [-0.4, -0.2) is 22.6 Å². The highest BCUT2D eigenvalue weighted by atomic mass is 79.9. The van der Waals surface area contributed by atoms with E-state index >= 15 is 0 Å². The van der Waals surface area contributed by atoms with Crippen LogP contribution in [0.4, 0.5) is 0 Å². The zero-order valence-electron chi connectivity index (χ0n) is 4.76. The summed E-state index contributed by atoms with van der Waals surface area (Å²) < 4.78 is 0.828. The maximum Gasteiger partial charge on any atom is 0.313 e. The van der Waals surface area contributed by atoms with Gasteiger partial charge in [0.2, 0.25) is 0 Å². The van der Waals surface area contributed by atoms with Crippen LogP contribution in [0.2, 0.25) is 0 Å². The Morgan fingerprint density at radius 2 is 2.22 bits per heavy atom. The fourth-order valence-corrected chi connectivity index (χ4v) is 1.23. The first-order chi connectivity index (χ1) is 4.13. The summed E-state index contributed by atoms with van der Waals surface area (Å²) in [6, 6.07) is 0. The Bertz CT molecular complexity index is 110. The van der Waals surface area contributed by atoms with Gasteiger partial charge in [-0.1, -0.05) is 22.5 Å². The molecule has 0 aromatic heterocycles. The molecule has 0 rings (SSSR count). The molecule has 0 aromatic rings. The van der Waals surface area contributed by atoms with Crippen LogP contribution < -0.4 is 0 Å². The lowest BCUT2D eigenvalue weighted by Gasteiger charge is -1.92. The minimum atomic E-state index is -0.784. The number of carbonyl (C=O) groups is 1. The van der Waals surface area contributed by atoms with Crippen molar-refractivity contribution in [3.8, 4) is 0 Å². The van der Waals surface area contributed by atoms with Gasteiger partial charge >= 0.3 is 5.97 Å². The molecule has 9 heavy (non-hydrogen) atoms. The van der Waals surface area contributed by atoms with Crippen molar-refractivity contribution in [3.63, 3.8) is 0 Å². The van der Waals surface area contributed by atoms with Crippen LogP contribution in [0.1, 0.15) is 0 Å². The summed E-state index contributed by atoms with van der Waals surface area (Å²) in [5.41, 5.74) is 0. The van der Waals surface area contributed by atoms with Crippen molar-refractivity contribution in [1.82, 2.24) is 0 Å². The van der Waals surface area contributed by atoms with Crippen LogP contribution in [0.15, 0.2) is 11.1 Å². The molecular weight excluding hydrogens is 204 g/mol. The van der Waals surface area contributed by atoms with Crippen molar-refractivity contribution in [1.29, 1.82) is 0 Å². The Labute approximate surface area is 66.5 Å². The Hall–Kier alpha value is 0.0400. The number of aliphatic carboxylic acids is 1. The predicted molar refractivity (Wildman–Crippen MR) is 43.0 cm³/mol. The van der Waals surface area contributed by atoms with E-state index in [9.17, 15) is 4.79 Å². The molecule has 1 N–H and O–H groups in total. The fourth-order valence-electron chi connectivity index (χ4n) is 0.249. The summed E-state index contributed by atoms with van der Waals surface area (Å²) in [4.78, 5) is 9.91. The molecule has 0 aliphatic carbocycles. The van der Waals surface area contributed by atoms with E-state index in [1.54, 1.807) is 0 Å². The Morgan fingerprint density at radius 3 is 2.56 bits per heavy atom. The van der Waals surface area contributed by atoms with Gasteiger partial charge in [-0.25, -0.2) is 0 Å². The third-order valence-corrected chi connectivity index (χ3v) is 2.14. The number of thioether (sulfide) groups is 1. The van der Waals surface area contributed by atoms with E-state index in [1.165, 1.54) is 11.8 Å². The molecule has 0 heterocycles. The SMILES string of the molecule is C=C(Br)CSCC(=O)O. The lowest BCUT2D eigenvalue weighted by atomic mass is 10.8. The standard InChI is InChI=1S/C5H7BrO2S/c1-4(6)2-9-3-5(7)8/h1-3H2,(H,7,8). The summed E-state index contributed by atoms with van der Waals surface area (Å²) >= 11 is 4.44. The van der Waals surface area contributed by atoms with Crippen LogP contribution in [0, 0.1) is 0 Å². The Kier molecular flexibility index (Phi) is 4.90. The number of hydrogen-bond acceptors (Lipinski definition) is 2. The fraction of sp³-hybridized carbons (Fsp3) is 0.400. The number of rotatable bonds is 4. The molecule has 0 spiro atoms. The van der Waals surface area contributed by atoms with Crippen molar-refractivity contribution in [2.24, 2.45) is 0 Å². The quantitative estimate of drug-likeness (QED) is 0.769. The van der Waals surface area contributed by atoms with Crippen LogP contribution in [0.5, 0.6) is 0 Å². The van der Waals surface area contributed by atoms with E-state index in [4.69, 9.17) is 5.11 Å². The smallest absolute Gasteiger partial charge is 0.313 e. The van der Waals surface area contributed by atoms with Gasteiger partial charge in [-0.05, 0) is 4.48 Å². The third kappa shape index (κ3) is 8.04. The molecule has 0 radical (unpaired) electrons. The molecule has 0 aliphatic rings. The normalized spacial score (nSPS) is 9.00. The van der Waals surface area contributed by atoms with Gasteiger partial charge in [0, 0.05) is 5.75 Å². The second-order valence-corrected chi connectivity index (χ2v) is 3.51. The summed E-state index contributed by atoms with van der Waals surface area (Å²) in [5, 5.41) is 8.16. The topological polar surface area (TPSA) is 37.3 Å². The highest BCUT2D eigenvalue weighted by Crippen LogP contribution is 2.10. The summed E-state index contributed by atoms with van der Waals surface area (Å²) in [6.45, 7) is 3.55.